The summed E-state index contributed by atoms with van der Waals surface area (Å²) in [6.45, 7) is 2.00. The molecule has 0 amide bonds. The second kappa shape index (κ2) is 6.50. The van der Waals surface area contributed by atoms with Gasteiger partial charge in [-0.2, -0.15) is 0 Å². The van der Waals surface area contributed by atoms with Crippen molar-refractivity contribution in [1.29, 1.82) is 0 Å². The van der Waals surface area contributed by atoms with Gasteiger partial charge < -0.3 is 9.84 Å². The summed E-state index contributed by atoms with van der Waals surface area (Å²) in [7, 11) is 1.38. The van der Waals surface area contributed by atoms with Crippen LogP contribution >= 0.6 is 15.9 Å². The molecule has 1 aliphatic rings. The second-order valence-electron chi connectivity index (χ2n) is 4.75. The van der Waals surface area contributed by atoms with Gasteiger partial charge in [-0.05, 0) is 37.1 Å². The van der Waals surface area contributed by atoms with Crippen LogP contribution in [0.25, 0.3) is 0 Å². The van der Waals surface area contributed by atoms with Crippen molar-refractivity contribution in [3.63, 3.8) is 0 Å². The molecule has 5 heteroatoms. The first-order valence-electron chi connectivity index (χ1n) is 6.37. The lowest BCUT2D eigenvalue weighted by Crippen LogP contribution is -2.31. The highest BCUT2D eigenvalue weighted by molar-refractivity contribution is 9.10. The van der Waals surface area contributed by atoms with E-state index in [-0.39, 0.29) is 18.6 Å². The summed E-state index contributed by atoms with van der Waals surface area (Å²) in [5.41, 5.74) is 1.66. The summed E-state index contributed by atoms with van der Waals surface area (Å²) in [6.07, 6.45) is 2.18. The van der Waals surface area contributed by atoms with Crippen LogP contribution in [-0.4, -0.2) is 42.3 Å². The lowest BCUT2D eigenvalue weighted by Gasteiger charge is -2.23. The van der Waals surface area contributed by atoms with Crippen LogP contribution in [0, 0.1) is 0 Å². The summed E-state index contributed by atoms with van der Waals surface area (Å²) in [4.78, 5) is 13.7. The minimum absolute atomic E-state index is 0.206. The molecule has 0 bridgehead atoms. The largest absolute Gasteiger partial charge is 0.465 e. The first kappa shape index (κ1) is 14.5. The Morgan fingerprint density at radius 3 is 3.00 bits per heavy atom. The van der Waals surface area contributed by atoms with Crippen molar-refractivity contribution in [2.75, 3.05) is 20.3 Å². The zero-order valence-corrected chi connectivity index (χ0v) is 12.5. The third-order valence-corrected chi connectivity index (χ3v) is 4.30. The molecule has 1 aromatic carbocycles. The molecule has 1 fully saturated rings. The van der Waals surface area contributed by atoms with Crippen LogP contribution < -0.4 is 0 Å². The first-order valence-corrected chi connectivity index (χ1v) is 7.16. The Balaban J connectivity index is 2.11. The third-order valence-electron chi connectivity index (χ3n) is 3.56. The minimum Gasteiger partial charge on any atom is -0.465 e. The molecule has 19 heavy (non-hydrogen) atoms. The molecular weight excluding hydrogens is 310 g/mol. The summed E-state index contributed by atoms with van der Waals surface area (Å²) in [6, 6.07) is 5.75. The van der Waals surface area contributed by atoms with Crippen molar-refractivity contribution in [3.8, 4) is 0 Å². The summed E-state index contributed by atoms with van der Waals surface area (Å²) in [5.74, 6) is -0.332. The van der Waals surface area contributed by atoms with Gasteiger partial charge in [0.15, 0.2) is 0 Å². The number of rotatable bonds is 4. The van der Waals surface area contributed by atoms with Gasteiger partial charge in [-0.15, -0.1) is 0 Å². The Morgan fingerprint density at radius 1 is 1.58 bits per heavy atom. The zero-order chi connectivity index (χ0) is 13.8. The van der Waals surface area contributed by atoms with Crippen molar-refractivity contribution in [1.82, 2.24) is 4.90 Å². The smallest absolute Gasteiger partial charge is 0.337 e. The molecule has 2 rings (SSSR count). The van der Waals surface area contributed by atoms with Crippen molar-refractivity contribution >= 4 is 21.9 Å². The van der Waals surface area contributed by atoms with Gasteiger partial charge in [0.25, 0.3) is 0 Å². The molecule has 0 aromatic heterocycles. The molecule has 0 aliphatic carbocycles. The van der Waals surface area contributed by atoms with Gasteiger partial charge in [0, 0.05) is 17.1 Å². The fourth-order valence-electron chi connectivity index (χ4n) is 2.45. The SMILES string of the molecule is COC(=O)c1ccc(CN2CCCC2CO)c(Br)c1. The average Bonchev–Trinajstić information content (AvgIpc) is 2.87. The van der Waals surface area contributed by atoms with Crippen LogP contribution in [0.15, 0.2) is 22.7 Å². The number of carbonyl (C=O) groups is 1. The highest BCUT2D eigenvalue weighted by atomic mass is 79.9. The standard InChI is InChI=1S/C14H18BrNO3/c1-19-14(18)10-4-5-11(13(15)7-10)8-16-6-2-3-12(16)9-17/h4-5,7,12,17H,2-3,6,8-9H2,1H3. The lowest BCUT2D eigenvalue weighted by molar-refractivity contribution is 0.0600. The number of likely N-dealkylation sites (tertiary alicyclic amines) is 1. The number of aliphatic hydroxyl groups is 1. The Bertz CT molecular complexity index is 464. The van der Waals surface area contributed by atoms with E-state index in [0.717, 1.165) is 36.0 Å². The normalized spacial score (nSPS) is 19.6. The molecule has 1 aliphatic heterocycles. The molecule has 1 heterocycles. The number of methoxy groups -OCH3 is 1. The second-order valence-corrected chi connectivity index (χ2v) is 5.60. The lowest BCUT2D eigenvalue weighted by atomic mass is 10.1. The molecule has 1 N–H and O–H groups in total. The van der Waals surface area contributed by atoms with E-state index in [0.29, 0.717) is 5.56 Å². The fraction of sp³-hybridized carbons (Fsp3) is 0.500. The number of aliphatic hydroxyl groups excluding tert-OH is 1. The third kappa shape index (κ3) is 3.35. The molecule has 4 nitrogen and oxygen atoms in total. The van der Waals surface area contributed by atoms with Crippen LogP contribution in [0.3, 0.4) is 0 Å². The van der Waals surface area contributed by atoms with Gasteiger partial charge >= 0.3 is 5.97 Å². The highest BCUT2D eigenvalue weighted by Gasteiger charge is 2.24. The average molecular weight is 328 g/mol. The van der Waals surface area contributed by atoms with E-state index in [9.17, 15) is 9.90 Å². The van der Waals surface area contributed by atoms with Crippen molar-refractivity contribution < 1.29 is 14.6 Å². The minimum atomic E-state index is -0.332. The van der Waals surface area contributed by atoms with E-state index in [1.807, 2.05) is 6.07 Å². The molecule has 104 valence electrons. The maximum Gasteiger partial charge on any atom is 0.337 e. The van der Waals surface area contributed by atoms with Gasteiger partial charge in [-0.1, -0.05) is 22.0 Å². The van der Waals surface area contributed by atoms with E-state index < -0.39 is 0 Å². The molecule has 1 aromatic rings. The van der Waals surface area contributed by atoms with Gasteiger partial charge in [-0.25, -0.2) is 4.79 Å². The Labute approximate surface area is 121 Å². The highest BCUT2D eigenvalue weighted by Crippen LogP contribution is 2.25. The molecule has 1 saturated heterocycles. The Hall–Kier alpha value is -0.910. The maximum atomic E-state index is 11.4. The van der Waals surface area contributed by atoms with E-state index >= 15 is 0 Å². The monoisotopic (exact) mass is 327 g/mol. The summed E-state index contributed by atoms with van der Waals surface area (Å²) in [5, 5.41) is 9.32. The Morgan fingerprint density at radius 2 is 2.37 bits per heavy atom. The maximum absolute atomic E-state index is 11.4. The van der Waals surface area contributed by atoms with Crippen molar-refractivity contribution in [3.05, 3.63) is 33.8 Å². The van der Waals surface area contributed by atoms with Crippen LogP contribution in [-0.2, 0) is 11.3 Å². The molecule has 0 saturated carbocycles. The van der Waals surface area contributed by atoms with Gasteiger partial charge in [-0.3, -0.25) is 4.90 Å². The van der Waals surface area contributed by atoms with E-state index in [2.05, 4.69) is 20.8 Å². The van der Waals surface area contributed by atoms with E-state index in [1.165, 1.54) is 7.11 Å². The number of nitrogens with zero attached hydrogens (tertiary/aromatic N) is 1. The fourth-order valence-corrected chi connectivity index (χ4v) is 2.95. The van der Waals surface area contributed by atoms with Crippen LogP contribution in [0.1, 0.15) is 28.8 Å². The predicted octanol–water partition coefficient (Wildman–Crippen LogP) is 2.19. The molecule has 0 radical (unpaired) electrons. The van der Waals surface area contributed by atoms with Crippen LogP contribution in [0.4, 0.5) is 0 Å². The zero-order valence-electron chi connectivity index (χ0n) is 10.9. The van der Waals surface area contributed by atoms with E-state index in [1.54, 1.807) is 12.1 Å². The number of ether oxygens (including phenoxy) is 1. The van der Waals surface area contributed by atoms with Gasteiger partial charge in [0.1, 0.15) is 0 Å². The quantitative estimate of drug-likeness (QED) is 0.861. The number of carbonyl (C=O) groups excluding carboxylic acids is 1. The van der Waals surface area contributed by atoms with Gasteiger partial charge in [0.2, 0.25) is 0 Å². The summed E-state index contributed by atoms with van der Waals surface area (Å²) < 4.78 is 5.60. The Kier molecular flexibility index (Phi) is 4.96. The van der Waals surface area contributed by atoms with Crippen LogP contribution in [0.2, 0.25) is 0 Å². The van der Waals surface area contributed by atoms with Crippen LogP contribution in [0.5, 0.6) is 0 Å². The number of hydrogen-bond acceptors (Lipinski definition) is 4. The summed E-state index contributed by atoms with van der Waals surface area (Å²) >= 11 is 3.50. The van der Waals surface area contributed by atoms with Crippen molar-refractivity contribution in [2.45, 2.75) is 25.4 Å². The predicted molar refractivity (Wildman–Crippen MR) is 76.0 cm³/mol. The molecule has 0 spiro atoms. The number of halogens is 1. The molecule has 1 atom stereocenters. The number of esters is 1. The first-order chi connectivity index (χ1) is 9.15. The topological polar surface area (TPSA) is 49.8 Å². The number of benzene rings is 1. The molecule has 1 unspecified atom stereocenters. The molecular formula is C14H18BrNO3. The van der Waals surface area contributed by atoms with E-state index in [4.69, 9.17) is 4.74 Å². The van der Waals surface area contributed by atoms with Gasteiger partial charge in [0.05, 0.1) is 19.3 Å². The van der Waals surface area contributed by atoms with Crippen molar-refractivity contribution in [2.24, 2.45) is 0 Å². The number of hydrogen-bond donors (Lipinski definition) is 1.